The van der Waals surface area contributed by atoms with E-state index in [2.05, 4.69) is 9.84 Å². The minimum atomic E-state index is -5.11. The van der Waals surface area contributed by atoms with Crippen LogP contribution in [-0.2, 0) is 120 Å². The molecule has 0 aliphatic carbocycles. The SMILES string of the molecule is COP(=O)(O)O[C@H]1C[C@H](C)O[C@@H]1COP(=O)(O)OCC(COCCCOP(=O)(O)OCCCCCCO[C@@H]1OC(CO)[C@H](O)[C@H](O)C1C)(COCCCOP(=O)(O)OCCCCCCO[C@@H]1OC(CO)[C@H](O)[C@H](O)C1NC(C)=O)COCCCOP(=O)(O)OCCCCO[C@@H]1OC(CO)[C@H](O)[C@H](O)C1C. The monoisotopic (exact) mass is 1630 g/mol. The van der Waals surface area contributed by atoms with Crippen LogP contribution in [0.25, 0.3) is 0 Å². The van der Waals surface area contributed by atoms with Gasteiger partial charge >= 0.3 is 39.1 Å². The van der Waals surface area contributed by atoms with Gasteiger partial charge in [-0.15, -0.1) is 0 Å². The van der Waals surface area contributed by atoms with Gasteiger partial charge in [0.1, 0.15) is 61.0 Å². The molecule has 4 aliphatic heterocycles. The van der Waals surface area contributed by atoms with E-state index in [1.165, 1.54) is 6.92 Å². The third-order valence-corrected chi connectivity index (χ3v) is 21.9. The van der Waals surface area contributed by atoms with E-state index in [9.17, 15) is 98.0 Å². The highest BCUT2D eigenvalue weighted by molar-refractivity contribution is 7.48. The van der Waals surface area contributed by atoms with Crippen LogP contribution in [-0.4, -0.2) is 314 Å². The van der Waals surface area contributed by atoms with Gasteiger partial charge in [-0.05, 0) is 64.7 Å². The Hall–Kier alpha value is -0.740. The smallest absolute Gasteiger partial charge is 0.394 e. The van der Waals surface area contributed by atoms with Gasteiger partial charge in [0.25, 0.3) is 0 Å². The summed E-state index contributed by atoms with van der Waals surface area (Å²) >= 11 is 0. The molecule has 12 unspecified atom stereocenters. The number of ether oxygens (including phenoxy) is 10. The van der Waals surface area contributed by atoms with E-state index in [0.29, 0.717) is 57.8 Å². The number of nitrogens with one attached hydrogen (secondary N) is 1. The Labute approximate surface area is 611 Å². The molecule has 1 amide bonds. The van der Waals surface area contributed by atoms with Crippen LogP contribution in [0, 0.1) is 17.3 Å². The Kier molecular flexibility index (Phi) is 45.8. The molecule has 15 N–H and O–H groups in total. The first-order valence-corrected chi connectivity index (χ1v) is 42.5. The lowest BCUT2D eigenvalue weighted by molar-refractivity contribution is -0.282. The normalized spacial score (nSPS) is 31.6. The molecule has 0 bridgehead atoms. The fourth-order valence-electron chi connectivity index (χ4n) is 11.0. The average Bonchev–Trinajstić information content (AvgIpc) is 1.45. The van der Waals surface area contributed by atoms with Crippen molar-refractivity contribution in [2.75, 3.05) is 139 Å². The number of amides is 1. The molecule has 0 saturated carbocycles. The van der Waals surface area contributed by atoms with E-state index >= 15 is 0 Å². The molecule has 105 heavy (non-hydrogen) atoms. The number of phosphoric acid groups is 5. The van der Waals surface area contributed by atoms with Gasteiger partial charge in [0.05, 0.1) is 116 Å². The molecule has 622 valence electrons. The summed E-state index contributed by atoms with van der Waals surface area (Å²) < 4.78 is 173. The van der Waals surface area contributed by atoms with Gasteiger partial charge in [0.2, 0.25) is 5.91 Å². The maximum Gasteiger partial charge on any atom is 0.472 e. The Morgan fingerprint density at radius 3 is 1.14 bits per heavy atom. The zero-order chi connectivity index (χ0) is 77.9. The van der Waals surface area contributed by atoms with Gasteiger partial charge in [-0.25, -0.2) is 22.8 Å². The van der Waals surface area contributed by atoms with Gasteiger partial charge in [-0.2, -0.15) is 0 Å². The number of aliphatic hydroxyl groups excluding tert-OH is 9. The highest BCUT2D eigenvalue weighted by Gasteiger charge is 2.47. The maximum absolute atomic E-state index is 13.7. The number of unbranched alkanes of at least 4 members (excludes halogenated alkanes) is 7. The van der Waals surface area contributed by atoms with E-state index in [4.69, 9.17) is 88.1 Å². The van der Waals surface area contributed by atoms with E-state index in [-0.39, 0.29) is 111 Å². The van der Waals surface area contributed by atoms with Crippen molar-refractivity contribution < 1.29 is 191 Å². The fraction of sp³-hybridized carbons (Fsp3) is 0.983. The van der Waals surface area contributed by atoms with Crippen molar-refractivity contribution in [2.24, 2.45) is 17.3 Å². The number of rotatable bonds is 59. The highest BCUT2D eigenvalue weighted by Crippen LogP contribution is 2.50. The lowest BCUT2D eigenvalue weighted by Gasteiger charge is -2.42. The van der Waals surface area contributed by atoms with Crippen LogP contribution >= 0.6 is 39.1 Å². The van der Waals surface area contributed by atoms with E-state index < -0.39 is 213 Å². The third kappa shape index (κ3) is 37.0. The molecular formula is C59H116NO40P5. The summed E-state index contributed by atoms with van der Waals surface area (Å²) in [7, 11) is -22.5. The van der Waals surface area contributed by atoms with Crippen molar-refractivity contribution in [3.8, 4) is 0 Å². The Morgan fingerprint density at radius 2 is 0.752 bits per heavy atom. The van der Waals surface area contributed by atoms with Crippen LogP contribution in [0.15, 0.2) is 0 Å². The molecular weight excluding hydrogens is 1520 g/mol. The molecule has 4 rings (SSSR count). The second-order valence-corrected chi connectivity index (χ2v) is 33.2. The summed E-state index contributed by atoms with van der Waals surface area (Å²) in [6, 6.07) is -1.11. The van der Waals surface area contributed by atoms with E-state index in [1.54, 1.807) is 20.8 Å². The first-order chi connectivity index (χ1) is 49.6. The van der Waals surface area contributed by atoms with Crippen LogP contribution in [0.4, 0.5) is 0 Å². The summed E-state index contributed by atoms with van der Waals surface area (Å²) in [6.07, 6.45) is -12.4. The van der Waals surface area contributed by atoms with E-state index in [0.717, 1.165) is 7.11 Å². The third-order valence-electron chi connectivity index (χ3n) is 17.0. The summed E-state index contributed by atoms with van der Waals surface area (Å²) in [4.78, 5) is 64.1. The van der Waals surface area contributed by atoms with Crippen molar-refractivity contribution in [3.05, 3.63) is 0 Å². The highest BCUT2D eigenvalue weighted by atomic mass is 31.2. The topological polar surface area (TPSA) is 582 Å². The summed E-state index contributed by atoms with van der Waals surface area (Å²) in [5.41, 5.74) is -1.58. The van der Waals surface area contributed by atoms with Gasteiger partial charge in [-0.3, -0.25) is 50.0 Å². The average molecular weight is 1630 g/mol. The van der Waals surface area contributed by atoms with Crippen molar-refractivity contribution in [1.82, 2.24) is 5.32 Å². The van der Waals surface area contributed by atoms with Crippen molar-refractivity contribution in [1.29, 1.82) is 0 Å². The molecule has 0 aromatic carbocycles. The van der Waals surface area contributed by atoms with E-state index in [1.807, 2.05) is 0 Å². The molecule has 24 atom stereocenters. The zero-order valence-electron chi connectivity index (χ0n) is 60.0. The van der Waals surface area contributed by atoms with Gasteiger partial charge in [0, 0.05) is 71.9 Å². The van der Waals surface area contributed by atoms with Gasteiger partial charge < -0.3 is 123 Å². The number of carbonyl (C=O) groups is 1. The lowest BCUT2D eigenvalue weighted by Crippen LogP contribution is -2.64. The number of hydrogen-bond donors (Lipinski definition) is 15. The Bertz CT molecular complexity index is 2630. The summed E-state index contributed by atoms with van der Waals surface area (Å²) in [6.45, 7) is -0.0878. The van der Waals surface area contributed by atoms with Crippen LogP contribution < -0.4 is 5.32 Å². The predicted molar refractivity (Wildman–Crippen MR) is 360 cm³/mol. The van der Waals surface area contributed by atoms with Crippen LogP contribution in [0.1, 0.15) is 118 Å². The maximum atomic E-state index is 13.7. The molecule has 4 heterocycles. The second-order valence-electron chi connectivity index (χ2n) is 25.9. The Balaban J connectivity index is 1.34. The number of carbonyl (C=O) groups excluding carboxylic acids is 1. The molecule has 0 radical (unpaired) electrons. The lowest BCUT2D eigenvalue weighted by atomic mass is 9.92. The second kappa shape index (κ2) is 49.8. The van der Waals surface area contributed by atoms with Crippen molar-refractivity contribution in [3.63, 3.8) is 0 Å². The molecule has 4 fully saturated rings. The van der Waals surface area contributed by atoms with Crippen molar-refractivity contribution >= 4 is 45.0 Å². The molecule has 4 aliphatic rings. The molecule has 0 aromatic heterocycles. The fourth-order valence-corrected chi connectivity index (χ4v) is 14.8. The van der Waals surface area contributed by atoms with Gasteiger partial charge in [0.15, 0.2) is 18.9 Å². The minimum absolute atomic E-state index is 0.0219. The predicted octanol–water partition coefficient (Wildman–Crippen LogP) is 1.08. The largest absolute Gasteiger partial charge is 0.472 e. The first-order valence-electron chi connectivity index (χ1n) is 35.1. The number of aliphatic hydroxyl groups is 9. The van der Waals surface area contributed by atoms with Crippen molar-refractivity contribution in [2.45, 2.75) is 216 Å². The van der Waals surface area contributed by atoms with Crippen LogP contribution in [0.5, 0.6) is 0 Å². The standard InChI is InChI=1S/C59H116NO40P5/c1-40-31-44(100-101(71,72)81-5)48(96-40)35-94-105(79,80)95-39-59(38-84-21-18-30-93-104(77,78)90-27-15-14-24-86-57-42(3)51(66)53(68)46(33-62)98-57,36-82-19-16-28-91-102(73,74)88-25-12-8-6-10-22-85-56-41(2)50(65)52(67)45(32-61)97-56)37-83-20-17-29-92-103(75,76)89-26-13-9-7-11-23-87-58-49(60-43(4)64)55(70)54(69)47(34-63)99-58/h40-42,44-58,61-63,65-70H,6-39H2,1-5H3,(H,60,64)(H,71,72)(H,73,74)(H,75,76)(H,77,78)(H,79,80)/t40-,41?,42?,44-,45?,46?,47?,48+,49?,50+,51+,52-,53-,54-,55+,56+,57+,58+,59?/m0/s1. The zero-order valence-corrected chi connectivity index (χ0v) is 64.5. The molecule has 41 nitrogen and oxygen atoms in total. The molecule has 4 saturated heterocycles. The molecule has 46 heteroatoms. The Morgan fingerprint density at radius 1 is 0.410 bits per heavy atom. The number of hydrogen-bond acceptors (Lipinski definition) is 35. The summed E-state index contributed by atoms with van der Waals surface area (Å²) in [5.74, 6) is -1.69. The number of phosphoric ester groups is 5. The minimum Gasteiger partial charge on any atom is -0.394 e. The van der Waals surface area contributed by atoms with Crippen LogP contribution in [0.2, 0.25) is 0 Å². The quantitative estimate of drug-likeness (QED) is 0.0299. The van der Waals surface area contributed by atoms with Gasteiger partial charge in [-0.1, -0.05) is 39.5 Å². The molecule has 0 aromatic rings. The molecule has 0 spiro atoms. The summed E-state index contributed by atoms with van der Waals surface area (Å²) in [5, 5.41) is 92.5. The van der Waals surface area contributed by atoms with Crippen LogP contribution in [0.3, 0.4) is 0 Å². The first kappa shape index (κ1) is 96.6.